The summed E-state index contributed by atoms with van der Waals surface area (Å²) in [5.41, 5.74) is 0.186. The molecule has 0 aromatic carbocycles. The van der Waals surface area contributed by atoms with Crippen molar-refractivity contribution >= 4 is 32.5 Å². The number of nitrogens with one attached hydrogen (secondary N) is 1. The Morgan fingerprint density at radius 1 is 1.69 bits per heavy atom. The zero-order valence-electron chi connectivity index (χ0n) is 8.47. The van der Waals surface area contributed by atoms with Crippen LogP contribution in [0.5, 0.6) is 0 Å². The minimum Gasteiger partial charge on any atom is -0.464 e. The van der Waals surface area contributed by atoms with Gasteiger partial charge in [0.2, 0.25) is 10.0 Å². The van der Waals surface area contributed by atoms with Gasteiger partial charge in [-0.15, -0.1) is 11.3 Å². The largest absolute Gasteiger partial charge is 0.464 e. The highest BCUT2D eigenvalue weighted by atomic mass is 32.2. The molecule has 1 heterocycles. The van der Waals surface area contributed by atoms with Crippen LogP contribution in [0.25, 0.3) is 0 Å². The zero-order valence-corrected chi connectivity index (χ0v) is 10.1. The molecule has 0 saturated heterocycles. The monoisotopic (exact) mass is 265 g/mol. The Labute approximate surface area is 96.7 Å². The van der Waals surface area contributed by atoms with Crippen molar-refractivity contribution < 1.29 is 17.9 Å². The number of hydrogen-bond donors (Lipinski definition) is 2. The van der Waals surface area contributed by atoms with Gasteiger partial charge >= 0.3 is 5.97 Å². The molecule has 0 unspecified atom stereocenters. The fourth-order valence-corrected chi connectivity index (χ4v) is 1.95. The molecule has 1 rings (SSSR count). The second kappa shape index (κ2) is 5.23. The second-order valence-electron chi connectivity index (χ2n) is 2.82. The summed E-state index contributed by atoms with van der Waals surface area (Å²) < 4.78 is 25.7. The number of thiazole rings is 1. The van der Waals surface area contributed by atoms with Gasteiger partial charge < -0.3 is 10.1 Å². The maximum Gasteiger partial charge on any atom is 0.357 e. The van der Waals surface area contributed by atoms with Gasteiger partial charge in [0.1, 0.15) is 0 Å². The number of hydrogen-bond acceptors (Lipinski definition) is 7. The number of anilines is 1. The number of sulfonamides is 1. The van der Waals surface area contributed by atoms with Crippen LogP contribution >= 0.6 is 11.3 Å². The van der Waals surface area contributed by atoms with Crippen molar-refractivity contribution in [1.82, 2.24) is 4.98 Å². The number of aromatic nitrogens is 1. The van der Waals surface area contributed by atoms with Crippen LogP contribution in [0.15, 0.2) is 5.38 Å². The summed E-state index contributed by atoms with van der Waals surface area (Å²) in [5, 5.41) is 9.52. The standard InChI is InChI=1S/C7H11N3O4S2/c1-14-6(11)5-4-15-7(10-5)9-2-3-16(8,12)13/h4H,2-3H2,1H3,(H,9,10)(H2,8,12,13). The summed E-state index contributed by atoms with van der Waals surface area (Å²) in [4.78, 5) is 14.9. The van der Waals surface area contributed by atoms with E-state index >= 15 is 0 Å². The van der Waals surface area contributed by atoms with E-state index in [1.807, 2.05) is 0 Å². The highest BCUT2D eigenvalue weighted by Gasteiger charge is 2.10. The van der Waals surface area contributed by atoms with Crippen molar-refractivity contribution in [1.29, 1.82) is 0 Å². The molecule has 9 heteroatoms. The third-order valence-corrected chi connectivity index (χ3v) is 3.13. The highest BCUT2D eigenvalue weighted by Crippen LogP contribution is 2.15. The molecule has 0 fully saturated rings. The maximum atomic E-state index is 11.0. The lowest BCUT2D eigenvalue weighted by atomic mass is 10.5. The van der Waals surface area contributed by atoms with Crippen LogP contribution < -0.4 is 10.5 Å². The molecule has 3 N–H and O–H groups in total. The van der Waals surface area contributed by atoms with Gasteiger partial charge in [-0.3, -0.25) is 0 Å². The van der Waals surface area contributed by atoms with E-state index < -0.39 is 16.0 Å². The van der Waals surface area contributed by atoms with Crippen molar-refractivity contribution in [3.05, 3.63) is 11.1 Å². The predicted molar refractivity (Wildman–Crippen MR) is 59.9 cm³/mol. The van der Waals surface area contributed by atoms with Crippen LogP contribution in [-0.2, 0) is 14.8 Å². The number of nitrogens with zero attached hydrogens (tertiary/aromatic N) is 1. The molecule has 0 aliphatic rings. The van der Waals surface area contributed by atoms with E-state index in [-0.39, 0.29) is 18.0 Å². The van der Waals surface area contributed by atoms with Gasteiger partial charge in [0, 0.05) is 11.9 Å². The normalized spacial score (nSPS) is 11.1. The Morgan fingerprint density at radius 2 is 2.38 bits per heavy atom. The quantitative estimate of drug-likeness (QED) is 0.703. The van der Waals surface area contributed by atoms with E-state index in [1.165, 1.54) is 23.8 Å². The fraction of sp³-hybridized carbons (Fsp3) is 0.429. The van der Waals surface area contributed by atoms with Gasteiger partial charge in [0.25, 0.3) is 0 Å². The third-order valence-electron chi connectivity index (χ3n) is 1.56. The molecular formula is C7H11N3O4S2. The average Bonchev–Trinajstić information content (AvgIpc) is 2.63. The van der Waals surface area contributed by atoms with Gasteiger partial charge in [-0.1, -0.05) is 0 Å². The van der Waals surface area contributed by atoms with Crippen LogP contribution in [-0.4, -0.2) is 38.8 Å². The molecule has 0 saturated carbocycles. The van der Waals surface area contributed by atoms with Crippen molar-refractivity contribution in [2.75, 3.05) is 24.7 Å². The molecule has 1 aromatic heterocycles. The van der Waals surface area contributed by atoms with E-state index in [9.17, 15) is 13.2 Å². The highest BCUT2D eigenvalue weighted by molar-refractivity contribution is 7.89. The number of carbonyl (C=O) groups is 1. The minimum atomic E-state index is -3.49. The topological polar surface area (TPSA) is 111 Å². The van der Waals surface area contributed by atoms with Crippen molar-refractivity contribution in [2.24, 2.45) is 5.14 Å². The summed E-state index contributed by atoms with van der Waals surface area (Å²) in [7, 11) is -2.23. The van der Waals surface area contributed by atoms with E-state index in [0.29, 0.717) is 5.13 Å². The lowest BCUT2D eigenvalue weighted by molar-refractivity contribution is 0.0595. The number of carbonyl (C=O) groups excluding carboxylic acids is 1. The summed E-state index contributed by atoms with van der Waals surface area (Å²) in [6.07, 6.45) is 0. The maximum absolute atomic E-state index is 11.0. The van der Waals surface area contributed by atoms with E-state index in [2.05, 4.69) is 15.0 Å². The Balaban J connectivity index is 2.50. The first-order valence-corrected chi connectivity index (χ1v) is 6.80. The average molecular weight is 265 g/mol. The van der Waals surface area contributed by atoms with Gasteiger partial charge in [0.15, 0.2) is 10.8 Å². The van der Waals surface area contributed by atoms with Crippen molar-refractivity contribution in [2.45, 2.75) is 0 Å². The van der Waals surface area contributed by atoms with Gasteiger partial charge in [-0.2, -0.15) is 0 Å². The minimum absolute atomic E-state index is 0.146. The summed E-state index contributed by atoms with van der Waals surface area (Å²) >= 11 is 1.19. The number of methoxy groups -OCH3 is 1. The lowest BCUT2D eigenvalue weighted by Gasteiger charge is -1.99. The molecule has 90 valence electrons. The van der Waals surface area contributed by atoms with Crippen molar-refractivity contribution in [3.63, 3.8) is 0 Å². The van der Waals surface area contributed by atoms with Crippen LogP contribution in [0, 0.1) is 0 Å². The van der Waals surface area contributed by atoms with Crippen molar-refractivity contribution in [3.8, 4) is 0 Å². The zero-order chi connectivity index (χ0) is 12.2. The lowest BCUT2D eigenvalue weighted by Crippen LogP contribution is -2.22. The van der Waals surface area contributed by atoms with Gasteiger partial charge in [0.05, 0.1) is 12.9 Å². The third kappa shape index (κ3) is 4.13. The second-order valence-corrected chi connectivity index (χ2v) is 5.42. The molecular weight excluding hydrogens is 254 g/mol. The van der Waals surface area contributed by atoms with E-state index in [1.54, 1.807) is 0 Å². The van der Waals surface area contributed by atoms with Crippen LogP contribution in [0.4, 0.5) is 5.13 Å². The molecule has 0 amide bonds. The SMILES string of the molecule is COC(=O)c1csc(NCCS(N)(=O)=O)n1. The summed E-state index contributed by atoms with van der Waals surface area (Å²) in [6.45, 7) is 0.146. The molecule has 0 bridgehead atoms. The van der Waals surface area contributed by atoms with E-state index in [4.69, 9.17) is 5.14 Å². The first-order chi connectivity index (χ1) is 7.42. The number of ether oxygens (including phenoxy) is 1. The first kappa shape index (κ1) is 12.9. The van der Waals surface area contributed by atoms with Gasteiger partial charge in [-0.25, -0.2) is 23.3 Å². The molecule has 0 radical (unpaired) electrons. The van der Waals surface area contributed by atoms with Crippen LogP contribution in [0.1, 0.15) is 10.5 Å². The Bertz CT molecular complexity index is 468. The van der Waals surface area contributed by atoms with Crippen LogP contribution in [0.2, 0.25) is 0 Å². The summed E-state index contributed by atoms with van der Waals surface area (Å²) in [5.74, 6) is -0.726. The predicted octanol–water partition coefficient (Wildman–Crippen LogP) is -0.370. The number of nitrogens with two attached hydrogens (primary N) is 1. The number of primary sulfonamides is 1. The summed E-state index contributed by atoms with van der Waals surface area (Å²) in [6, 6.07) is 0. The molecule has 7 nitrogen and oxygen atoms in total. The Hall–Kier alpha value is -1.19. The molecule has 0 atom stereocenters. The number of esters is 1. The fourth-order valence-electron chi connectivity index (χ4n) is 0.853. The van der Waals surface area contributed by atoms with Gasteiger partial charge in [-0.05, 0) is 0 Å². The number of rotatable bonds is 5. The molecule has 0 aliphatic carbocycles. The molecule has 1 aromatic rings. The van der Waals surface area contributed by atoms with E-state index in [0.717, 1.165) is 0 Å². The van der Waals surface area contributed by atoms with Crippen LogP contribution in [0.3, 0.4) is 0 Å². The molecule has 0 aliphatic heterocycles. The Kier molecular flexibility index (Phi) is 4.21. The Morgan fingerprint density at radius 3 is 2.94 bits per heavy atom. The smallest absolute Gasteiger partial charge is 0.357 e. The molecule has 0 spiro atoms. The molecule has 16 heavy (non-hydrogen) atoms. The first-order valence-electron chi connectivity index (χ1n) is 4.20.